The summed E-state index contributed by atoms with van der Waals surface area (Å²) < 4.78 is 41.8. The summed E-state index contributed by atoms with van der Waals surface area (Å²) >= 11 is 5.53. The Balaban J connectivity index is 2.15. The first kappa shape index (κ1) is 11.7. The van der Waals surface area contributed by atoms with Crippen molar-refractivity contribution in [2.75, 3.05) is 0 Å². The second-order valence-electron chi connectivity index (χ2n) is 4.14. The topological polar surface area (TPSA) is 52.0 Å². The normalized spacial score (nSPS) is 18.8. The first-order valence-electron chi connectivity index (χ1n) is 4.82. The number of alkyl halides is 3. The van der Waals surface area contributed by atoms with E-state index in [1.165, 1.54) is 0 Å². The van der Waals surface area contributed by atoms with E-state index in [9.17, 15) is 13.2 Å². The van der Waals surface area contributed by atoms with Crippen molar-refractivity contribution in [1.29, 1.82) is 0 Å². The van der Waals surface area contributed by atoms with Gasteiger partial charge in [-0.15, -0.1) is 0 Å². The summed E-state index contributed by atoms with van der Waals surface area (Å²) in [6, 6.07) is 0. The third-order valence-electron chi connectivity index (χ3n) is 2.77. The quantitative estimate of drug-likeness (QED) is 0.902. The van der Waals surface area contributed by atoms with Crippen LogP contribution in [-0.4, -0.2) is 10.7 Å². The predicted molar refractivity (Wildman–Crippen MR) is 51.0 cm³/mol. The van der Waals surface area contributed by atoms with Gasteiger partial charge in [0.2, 0.25) is 5.22 Å². The Morgan fingerprint density at radius 3 is 2.56 bits per heavy atom. The van der Waals surface area contributed by atoms with Crippen molar-refractivity contribution >= 4 is 11.6 Å². The van der Waals surface area contributed by atoms with Gasteiger partial charge in [-0.25, -0.2) is 0 Å². The fourth-order valence-corrected chi connectivity index (χ4v) is 1.73. The first-order valence-corrected chi connectivity index (χ1v) is 5.20. The molecule has 1 aliphatic rings. The van der Waals surface area contributed by atoms with E-state index in [-0.39, 0.29) is 22.7 Å². The van der Waals surface area contributed by atoms with Gasteiger partial charge in [0.25, 0.3) is 0 Å². The molecule has 0 bridgehead atoms. The van der Waals surface area contributed by atoms with E-state index in [1.54, 1.807) is 0 Å². The largest absolute Gasteiger partial charge is 0.437 e. The monoisotopic (exact) mass is 254 g/mol. The lowest BCUT2D eigenvalue weighted by atomic mass is 10.0. The summed E-state index contributed by atoms with van der Waals surface area (Å²) in [7, 11) is 0. The Kier molecular flexibility index (Phi) is 2.66. The van der Waals surface area contributed by atoms with Gasteiger partial charge in [-0.2, -0.15) is 13.2 Å². The van der Waals surface area contributed by atoms with Crippen LogP contribution < -0.4 is 5.73 Å². The van der Waals surface area contributed by atoms with Crippen LogP contribution in [0.25, 0.3) is 0 Å². The van der Waals surface area contributed by atoms with Crippen LogP contribution in [0.15, 0.2) is 4.52 Å². The zero-order valence-electron chi connectivity index (χ0n) is 8.27. The van der Waals surface area contributed by atoms with E-state index in [0.717, 1.165) is 12.8 Å². The van der Waals surface area contributed by atoms with Crippen LogP contribution in [0.2, 0.25) is 5.22 Å². The zero-order chi connectivity index (χ0) is 12.0. The molecule has 0 unspecified atom stereocenters. The second kappa shape index (κ2) is 3.63. The number of halogens is 4. The van der Waals surface area contributed by atoms with E-state index in [1.807, 2.05) is 0 Å². The molecule has 0 radical (unpaired) electrons. The maximum atomic E-state index is 12.5. The Hall–Kier alpha value is -0.750. The molecular formula is C9H10ClF3N2O. The minimum Gasteiger partial charge on any atom is -0.344 e. The Bertz CT molecular complexity index is 398. The van der Waals surface area contributed by atoms with Gasteiger partial charge in [0.15, 0.2) is 5.69 Å². The van der Waals surface area contributed by atoms with Gasteiger partial charge in [-0.05, 0) is 37.3 Å². The number of hydrogen-bond donors (Lipinski definition) is 1. The van der Waals surface area contributed by atoms with Crippen LogP contribution >= 0.6 is 11.6 Å². The molecule has 1 fully saturated rings. The first-order chi connectivity index (χ1) is 7.32. The maximum Gasteiger partial charge on any atom is 0.437 e. The predicted octanol–water partition coefficient (Wildman–Crippen LogP) is 2.77. The van der Waals surface area contributed by atoms with Crippen LogP contribution in [0, 0.1) is 0 Å². The van der Waals surface area contributed by atoms with Crippen LogP contribution in [0.5, 0.6) is 0 Å². The Labute approximate surface area is 94.7 Å². The zero-order valence-corrected chi connectivity index (χ0v) is 9.03. The van der Waals surface area contributed by atoms with Crippen molar-refractivity contribution in [3.63, 3.8) is 0 Å². The van der Waals surface area contributed by atoms with Crippen LogP contribution in [0.3, 0.4) is 0 Å². The van der Waals surface area contributed by atoms with Gasteiger partial charge in [0, 0.05) is 11.1 Å². The minimum absolute atomic E-state index is 0.0918. The molecule has 16 heavy (non-hydrogen) atoms. The van der Waals surface area contributed by atoms with Gasteiger partial charge in [-0.1, -0.05) is 5.16 Å². The molecule has 7 heteroatoms. The molecule has 0 aliphatic heterocycles. The molecule has 0 saturated heterocycles. The van der Waals surface area contributed by atoms with E-state index in [0.29, 0.717) is 6.42 Å². The van der Waals surface area contributed by atoms with Gasteiger partial charge in [-0.3, -0.25) is 0 Å². The van der Waals surface area contributed by atoms with Gasteiger partial charge in [0.1, 0.15) is 0 Å². The number of hydrogen-bond acceptors (Lipinski definition) is 3. The fourth-order valence-electron chi connectivity index (χ4n) is 1.51. The lowest BCUT2D eigenvalue weighted by Crippen LogP contribution is -2.22. The summed E-state index contributed by atoms with van der Waals surface area (Å²) in [4.78, 5) is 0. The summed E-state index contributed by atoms with van der Waals surface area (Å²) in [5.74, 6) is 0. The summed E-state index contributed by atoms with van der Waals surface area (Å²) in [5.41, 5.74) is 4.35. The Morgan fingerprint density at radius 2 is 2.06 bits per heavy atom. The van der Waals surface area contributed by atoms with E-state index in [2.05, 4.69) is 9.68 Å². The molecule has 1 saturated carbocycles. The number of nitrogens with two attached hydrogens (primary N) is 1. The smallest absolute Gasteiger partial charge is 0.344 e. The molecule has 1 aliphatic carbocycles. The molecule has 2 N–H and O–H groups in total. The molecule has 1 aromatic rings. The SMILES string of the molecule is NC1(CCc2c(C(F)(F)F)noc2Cl)CC1. The molecule has 0 spiro atoms. The molecule has 0 amide bonds. The van der Waals surface area contributed by atoms with Crippen molar-refractivity contribution in [2.45, 2.75) is 37.4 Å². The van der Waals surface area contributed by atoms with E-state index in [4.69, 9.17) is 17.3 Å². The average molecular weight is 255 g/mol. The van der Waals surface area contributed by atoms with Crippen LogP contribution in [0.4, 0.5) is 13.2 Å². The third-order valence-corrected chi connectivity index (χ3v) is 3.07. The standard InChI is InChI=1S/C9H10ClF3N2O/c10-7-5(1-2-8(14)3-4-8)6(15-16-7)9(11,12)13/h1-4,14H2. The fraction of sp³-hybridized carbons (Fsp3) is 0.667. The molecule has 0 aromatic carbocycles. The molecular weight excluding hydrogens is 245 g/mol. The highest BCUT2D eigenvalue weighted by atomic mass is 35.5. The van der Waals surface area contributed by atoms with Gasteiger partial charge < -0.3 is 10.3 Å². The number of aromatic nitrogens is 1. The number of rotatable bonds is 3. The number of nitrogens with zero attached hydrogens (tertiary/aromatic N) is 1. The highest BCUT2D eigenvalue weighted by Gasteiger charge is 2.42. The highest BCUT2D eigenvalue weighted by Crippen LogP contribution is 2.40. The highest BCUT2D eigenvalue weighted by molar-refractivity contribution is 6.29. The summed E-state index contributed by atoms with van der Waals surface area (Å²) in [6.45, 7) is 0. The summed E-state index contributed by atoms with van der Waals surface area (Å²) in [5, 5.41) is 2.64. The van der Waals surface area contributed by atoms with Gasteiger partial charge >= 0.3 is 6.18 Å². The third kappa shape index (κ3) is 2.32. The van der Waals surface area contributed by atoms with E-state index < -0.39 is 11.9 Å². The molecule has 90 valence electrons. The van der Waals surface area contributed by atoms with Crippen LogP contribution in [-0.2, 0) is 12.6 Å². The molecule has 1 heterocycles. The lowest BCUT2D eigenvalue weighted by Gasteiger charge is -2.08. The van der Waals surface area contributed by atoms with Crippen molar-refractivity contribution in [3.05, 3.63) is 16.5 Å². The molecule has 3 nitrogen and oxygen atoms in total. The maximum absolute atomic E-state index is 12.5. The minimum atomic E-state index is -4.53. The van der Waals surface area contributed by atoms with Crippen molar-refractivity contribution < 1.29 is 17.7 Å². The van der Waals surface area contributed by atoms with Crippen LogP contribution in [0.1, 0.15) is 30.5 Å². The average Bonchev–Trinajstić information content (AvgIpc) is 2.74. The molecule has 2 rings (SSSR count). The van der Waals surface area contributed by atoms with Crippen molar-refractivity contribution in [3.8, 4) is 0 Å². The summed E-state index contributed by atoms with van der Waals surface area (Å²) in [6.07, 6.45) is -2.23. The molecule has 1 aromatic heterocycles. The second-order valence-corrected chi connectivity index (χ2v) is 4.49. The van der Waals surface area contributed by atoms with Gasteiger partial charge in [0.05, 0.1) is 0 Å². The van der Waals surface area contributed by atoms with E-state index >= 15 is 0 Å². The Morgan fingerprint density at radius 1 is 1.44 bits per heavy atom. The molecule has 0 atom stereocenters. The van der Waals surface area contributed by atoms with Crippen molar-refractivity contribution in [1.82, 2.24) is 5.16 Å². The lowest BCUT2D eigenvalue weighted by molar-refractivity contribution is -0.143. The van der Waals surface area contributed by atoms with Crippen molar-refractivity contribution in [2.24, 2.45) is 5.73 Å².